The predicted octanol–water partition coefficient (Wildman–Crippen LogP) is 2.49. The molecule has 4 aromatic rings. The van der Waals surface area contributed by atoms with Crippen molar-refractivity contribution in [2.75, 3.05) is 0 Å². The van der Waals surface area contributed by atoms with Crippen LogP contribution in [0.4, 0.5) is 0 Å². The largest absolute Gasteiger partial charge is 1.00 e. The van der Waals surface area contributed by atoms with Crippen LogP contribution in [0.15, 0.2) is 115 Å². The topological polar surface area (TPSA) is 0 Å². The van der Waals surface area contributed by atoms with Gasteiger partial charge in [-0.2, -0.15) is 0 Å². The Bertz CT molecular complexity index is 901. The maximum atomic E-state index is 2.31. The van der Waals surface area contributed by atoms with Gasteiger partial charge in [0.05, 0.1) is 6.16 Å². The maximum absolute atomic E-state index is 2.31. The molecule has 0 radical (unpaired) electrons. The van der Waals surface area contributed by atoms with E-state index in [4.69, 9.17) is 0 Å². The van der Waals surface area contributed by atoms with Crippen molar-refractivity contribution < 1.29 is 17.0 Å². The smallest absolute Gasteiger partial charge is 0.116 e. The first kappa shape index (κ1) is 20.5. The Kier molecular flexibility index (Phi) is 6.83. The Morgan fingerprint density at radius 3 is 1.25 bits per heavy atom. The van der Waals surface area contributed by atoms with E-state index in [2.05, 4.69) is 122 Å². The second kappa shape index (κ2) is 9.32. The highest BCUT2D eigenvalue weighted by molar-refractivity contribution is 7.95. The fourth-order valence-electron chi connectivity index (χ4n) is 3.81. The second-order valence-electron chi connectivity index (χ2n) is 6.90. The van der Waals surface area contributed by atoms with E-state index in [0.29, 0.717) is 0 Å². The lowest BCUT2D eigenvalue weighted by Crippen LogP contribution is -3.00. The molecule has 28 heavy (non-hydrogen) atoms. The van der Waals surface area contributed by atoms with Gasteiger partial charge in [0.1, 0.15) is 23.2 Å². The summed E-state index contributed by atoms with van der Waals surface area (Å²) in [6.45, 7) is 2.23. The van der Waals surface area contributed by atoms with Crippen LogP contribution in [0, 0.1) is 6.92 Å². The normalized spacial score (nSPS) is 10.9. The Hall–Kier alpha value is -2.21. The Morgan fingerprint density at radius 1 is 0.500 bits per heavy atom. The summed E-state index contributed by atoms with van der Waals surface area (Å²) < 4.78 is 0. The average Bonchev–Trinajstić information content (AvgIpc) is 2.75. The van der Waals surface area contributed by atoms with E-state index < -0.39 is 7.26 Å². The quantitative estimate of drug-likeness (QED) is 0.413. The van der Waals surface area contributed by atoms with Gasteiger partial charge in [-0.1, -0.05) is 78.9 Å². The number of hydrogen-bond acceptors (Lipinski definition) is 0. The van der Waals surface area contributed by atoms with Crippen LogP contribution in [0.2, 0.25) is 0 Å². The highest BCUT2D eigenvalue weighted by atomic mass is 79.9. The minimum atomic E-state index is -1.80. The average molecular weight is 447 g/mol. The van der Waals surface area contributed by atoms with Gasteiger partial charge in [0, 0.05) is 0 Å². The van der Waals surface area contributed by atoms with Crippen LogP contribution in [-0.4, -0.2) is 0 Å². The van der Waals surface area contributed by atoms with Crippen molar-refractivity contribution in [1.82, 2.24) is 0 Å². The monoisotopic (exact) mass is 446 g/mol. The van der Waals surface area contributed by atoms with Gasteiger partial charge in [0.25, 0.3) is 0 Å². The van der Waals surface area contributed by atoms with Gasteiger partial charge in [0.15, 0.2) is 0 Å². The van der Waals surface area contributed by atoms with Gasteiger partial charge in [0.2, 0.25) is 0 Å². The van der Waals surface area contributed by atoms with Gasteiger partial charge in [-0.05, 0) is 54.4 Å². The van der Waals surface area contributed by atoms with Crippen molar-refractivity contribution >= 4 is 23.2 Å². The lowest BCUT2D eigenvalue weighted by Gasteiger charge is -2.28. The molecule has 4 aromatic carbocycles. The number of halogens is 1. The van der Waals surface area contributed by atoms with E-state index >= 15 is 0 Å². The summed E-state index contributed by atoms with van der Waals surface area (Å²) in [5.74, 6) is 0. The van der Waals surface area contributed by atoms with E-state index in [-0.39, 0.29) is 17.0 Å². The van der Waals surface area contributed by atoms with E-state index in [0.717, 1.165) is 6.16 Å². The van der Waals surface area contributed by atoms with Crippen molar-refractivity contribution in [3.63, 3.8) is 0 Å². The van der Waals surface area contributed by atoms with Gasteiger partial charge >= 0.3 is 0 Å². The summed E-state index contributed by atoms with van der Waals surface area (Å²) >= 11 is 0. The minimum Gasteiger partial charge on any atom is -1.00 e. The van der Waals surface area contributed by atoms with Crippen LogP contribution in [0.5, 0.6) is 0 Å². The van der Waals surface area contributed by atoms with Gasteiger partial charge < -0.3 is 17.0 Å². The van der Waals surface area contributed by atoms with Crippen molar-refractivity contribution in [2.24, 2.45) is 0 Å². The zero-order chi connectivity index (χ0) is 18.5. The van der Waals surface area contributed by atoms with E-state index in [9.17, 15) is 0 Å². The highest BCUT2D eigenvalue weighted by Gasteiger charge is 2.45. The molecule has 0 aliphatic rings. The molecule has 0 nitrogen and oxygen atoms in total. The molecule has 0 spiro atoms. The summed E-state index contributed by atoms with van der Waals surface area (Å²) in [7, 11) is -1.80. The first-order chi connectivity index (χ1) is 13.3. The van der Waals surface area contributed by atoms with Crippen molar-refractivity contribution in [2.45, 2.75) is 13.1 Å². The van der Waals surface area contributed by atoms with Crippen LogP contribution < -0.4 is 32.9 Å². The molecule has 0 bridgehead atoms. The Labute approximate surface area is 179 Å². The molecule has 0 saturated heterocycles. The van der Waals surface area contributed by atoms with E-state index in [1.165, 1.54) is 27.0 Å². The molecule has 0 fully saturated rings. The zero-order valence-corrected chi connectivity index (χ0v) is 18.5. The number of rotatable bonds is 5. The highest BCUT2D eigenvalue weighted by Crippen LogP contribution is 2.58. The van der Waals surface area contributed by atoms with Gasteiger partial charge in [-0.25, -0.2) is 0 Å². The Morgan fingerprint density at radius 2 is 0.857 bits per heavy atom. The first-order valence-corrected chi connectivity index (χ1v) is 11.4. The molecule has 0 heterocycles. The third-order valence-corrected chi connectivity index (χ3v) is 9.61. The number of aryl methyl sites for hydroxylation is 1. The molecule has 0 saturated carbocycles. The molecule has 0 N–H and O–H groups in total. The van der Waals surface area contributed by atoms with Crippen molar-refractivity contribution in [3.05, 3.63) is 126 Å². The van der Waals surface area contributed by atoms with E-state index in [1.54, 1.807) is 0 Å². The summed E-state index contributed by atoms with van der Waals surface area (Å²) in [5.41, 5.74) is 2.80. The minimum absolute atomic E-state index is 0. The molecule has 0 unspecified atom stereocenters. The zero-order valence-electron chi connectivity index (χ0n) is 16.0. The predicted molar refractivity (Wildman–Crippen MR) is 120 cm³/mol. The fourth-order valence-corrected chi connectivity index (χ4v) is 8.16. The summed E-state index contributed by atoms with van der Waals surface area (Å²) in [4.78, 5) is 0. The number of hydrogen-bond donors (Lipinski definition) is 0. The molecule has 0 aromatic heterocycles. The molecule has 0 atom stereocenters. The number of benzene rings is 4. The second-order valence-corrected chi connectivity index (χ2v) is 10.4. The molecule has 0 aliphatic carbocycles. The molecule has 2 heteroatoms. The Balaban J connectivity index is 0.00000225. The van der Waals surface area contributed by atoms with Gasteiger partial charge in [-0.15, -0.1) is 0 Å². The van der Waals surface area contributed by atoms with Crippen LogP contribution in [-0.2, 0) is 6.16 Å². The standard InChI is InChI=1S/C26H24P.BrH/c1-22-13-11-12-14-23(22)21-27(24-15-5-2-6-16-24,25-17-7-3-8-18-25)26-19-9-4-10-20-26;/h2-20H,21H2,1H3;1H/q+1;/p-1. The fraction of sp³-hybridized carbons (Fsp3) is 0.0769. The molecule has 0 aliphatic heterocycles. The van der Waals surface area contributed by atoms with E-state index in [1.807, 2.05) is 0 Å². The lowest BCUT2D eigenvalue weighted by molar-refractivity contribution is -0.00000530. The first-order valence-electron chi connectivity index (χ1n) is 9.40. The van der Waals surface area contributed by atoms with Crippen molar-refractivity contribution in [1.29, 1.82) is 0 Å². The maximum Gasteiger partial charge on any atom is 0.116 e. The SMILES string of the molecule is Cc1ccccc1C[P+](c1ccccc1)(c1ccccc1)c1ccccc1.[Br-]. The third kappa shape index (κ3) is 3.97. The van der Waals surface area contributed by atoms with Crippen LogP contribution >= 0.6 is 7.26 Å². The summed E-state index contributed by atoms with van der Waals surface area (Å²) in [5, 5.41) is 4.31. The van der Waals surface area contributed by atoms with Gasteiger partial charge in [-0.3, -0.25) is 0 Å². The van der Waals surface area contributed by atoms with Crippen molar-refractivity contribution in [3.8, 4) is 0 Å². The molecule has 4 rings (SSSR count). The summed E-state index contributed by atoms with van der Waals surface area (Å²) in [6, 6.07) is 42.1. The molecular weight excluding hydrogens is 423 g/mol. The third-order valence-electron chi connectivity index (χ3n) is 5.26. The molecule has 140 valence electrons. The van der Waals surface area contributed by atoms with Crippen LogP contribution in [0.3, 0.4) is 0 Å². The van der Waals surface area contributed by atoms with Crippen LogP contribution in [0.25, 0.3) is 0 Å². The van der Waals surface area contributed by atoms with Crippen LogP contribution in [0.1, 0.15) is 11.1 Å². The molecular formula is C26H24BrP. The molecule has 0 amide bonds. The summed E-state index contributed by atoms with van der Waals surface area (Å²) in [6.07, 6.45) is 1.04. The lowest BCUT2D eigenvalue weighted by atomic mass is 10.1.